The number of nitro benzene ring substituents is 1. The Labute approximate surface area is 156 Å². The molecule has 3 rings (SSSR count). The van der Waals surface area contributed by atoms with Gasteiger partial charge in [0.25, 0.3) is 5.69 Å². The summed E-state index contributed by atoms with van der Waals surface area (Å²) in [6.07, 6.45) is 1.78. The first-order valence-corrected chi connectivity index (χ1v) is 8.82. The third-order valence-corrected chi connectivity index (χ3v) is 4.76. The quantitative estimate of drug-likeness (QED) is 0.320. The summed E-state index contributed by atoms with van der Waals surface area (Å²) in [5.41, 5.74) is 2.86. The van der Waals surface area contributed by atoms with Crippen molar-refractivity contribution in [2.24, 2.45) is 0 Å². The summed E-state index contributed by atoms with van der Waals surface area (Å²) in [6, 6.07) is 16.0. The standard InChI is InChI=1S/C18H10BrN3O2S/c19-15-3-1-2-12(9-15)8-14(10-20)18-21-17(11-25-18)13-4-6-16(7-5-13)22(23)24/h1-9,11H/b14-8+. The second-order valence-electron chi connectivity index (χ2n) is 5.07. The normalized spacial score (nSPS) is 11.1. The highest BCUT2D eigenvalue weighted by Gasteiger charge is 2.11. The van der Waals surface area contributed by atoms with E-state index in [9.17, 15) is 15.4 Å². The van der Waals surface area contributed by atoms with Crippen LogP contribution in [-0.2, 0) is 0 Å². The molecule has 0 radical (unpaired) electrons. The fraction of sp³-hybridized carbons (Fsp3) is 0. The van der Waals surface area contributed by atoms with Crippen LogP contribution in [-0.4, -0.2) is 9.91 Å². The fourth-order valence-electron chi connectivity index (χ4n) is 2.19. The molecule has 0 fully saturated rings. The predicted octanol–water partition coefficient (Wildman–Crippen LogP) is 5.54. The Kier molecular flexibility index (Phi) is 5.03. The number of allylic oxidation sites excluding steroid dienone is 1. The molecule has 0 spiro atoms. The number of nitro groups is 1. The Balaban J connectivity index is 1.91. The molecule has 2 aromatic carbocycles. The molecule has 0 bridgehead atoms. The summed E-state index contributed by atoms with van der Waals surface area (Å²) in [5, 5.41) is 22.6. The first-order valence-electron chi connectivity index (χ1n) is 7.15. The van der Waals surface area contributed by atoms with E-state index in [-0.39, 0.29) is 5.69 Å². The Morgan fingerprint density at radius 2 is 2.04 bits per heavy atom. The Morgan fingerprint density at radius 3 is 2.68 bits per heavy atom. The molecule has 7 heteroatoms. The number of nitriles is 1. The lowest BCUT2D eigenvalue weighted by Crippen LogP contribution is -1.87. The number of hydrogen-bond donors (Lipinski definition) is 0. The molecule has 0 amide bonds. The van der Waals surface area contributed by atoms with Gasteiger partial charge in [-0.1, -0.05) is 28.1 Å². The molecule has 0 aliphatic heterocycles. The second-order valence-corrected chi connectivity index (χ2v) is 6.84. The maximum atomic E-state index is 10.7. The second kappa shape index (κ2) is 7.38. The largest absolute Gasteiger partial charge is 0.269 e. The van der Waals surface area contributed by atoms with E-state index >= 15 is 0 Å². The molecule has 0 saturated heterocycles. The van der Waals surface area contributed by atoms with Crippen molar-refractivity contribution in [3.63, 3.8) is 0 Å². The number of halogens is 1. The average Bonchev–Trinajstić information content (AvgIpc) is 3.09. The maximum Gasteiger partial charge on any atom is 0.269 e. The minimum absolute atomic E-state index is 0.0338. The van der Waals surface area contributed by atoms with Gasteiger partial charge >= 0.3 is 0 Å². The van der Waals surface area contributed by atoms with Crippen molar-refractivity contribution >= 4 is 44.6 Å². The first-order chi connectivity index (χ1) is 12.1. The van der Waals surface area contributed by atoms with E-state index in [1.165, 1.54) is 23.5 Å². The van der Waals surface area contributed by atoms with Crippen LogP contribution in [0.25, 0.3) is 22.9 Å². The van der Waals surface area contributed by atoms with Gasteiger partial charge in [0.1, 0.15) is 11.1 Å². The van der Waals surface area contributed by atoms with Crippen LogP contribution in [0.4, 0.5) is 5.69 Å². The number of thiazole rings is 1. The van der Waals surface area contributed by atoms with Gasteiger partial charge in [0.2, 0.25) is 0 Å². The van der Waals surface area contributed by atoms with Gasteiger partial charge in [0.15, 0.2) is 0 Å². The van der Waals surface area contributed by atoms with Gasteiger partial charge < -0.3 is 0 Å². The Morgan fingerprint density at radius 1 is 1.28 bits per heavy atom. The zero-order chi connectivity index (χ0) is 17.8. The molecule has 0 unspecified atom stereocenters. The average molecular weight is 412 g/mol. The van der Waals surface area contributed by atoms with Crippen LogP contribution in [0.2, 0.25) is 0 Å². The number of nitrogens with zero attached hydrogens (tertiary/aromatic N) is 3. The number of benzene rings is 2. The minimum Gasteiger partial charge on any atom is -0.258 e. The number of rotatable bonds is 4. The van der Waals surface area contributed by atoms with Gasteiger partial charge in [0.05, 0.1) is 16.2 Å². The lowest BCUT2D eigenvalue weighted by molar-refractivity contribution is -0.384. The van der Waals surface area contributed by atoms with Gasteiger partial charge in [-0.15, -0.1) is 11.3 Å². The Hall–Kier alpha value is -2.82. The van der Waals surface area contributed by atoms with Crippen LogP contribution in [0.5, 0.6) is 0 Å². The van der Waals surface area contributed by atoms with Crippen molar-refractivity contribution in [1.82, 2.24) is 4.98 Å². The van der Waals surface area contributed by atoms with Gasteiger partial charge in [0, 0.05) is 27.5 Å². The monoisotopic (exact) mass is 411 g/mol. The maximum absolute atomic E-state index is 10.7. The Bertz CT molecular complexity index is 1000. The van der Waals surface area contributed by atoms with E-state index in [1.54, 1.807) is 18.2 Å². The summed E-state index contributed by atoms with van der Waals surface area (Å²) >= 11 is 4.77. The molecule has 1 heterocycles. The highest BCUT2D eigenvalue weighted by atomic mass is 79.9. The van der Waals surface area contributed by atoms with Gasteiger partial charge in [-0.05, 0) is 35.9 Å². The minimum atomic E-state index is -0.440. The van der Waals surface area contributed by atoms with Crippen molar-refractivity contribution in [2.75, 3.05) is 0 Å². The highest BCUT2D eigenvalue weighted by molar-refractivity contribution is 9.10. The molecule has 0 aliphatic rings. The number of aromatic nitrogens is 1. The van der Waals surface area contributed by atoms with Crippen molar-refractivity contribution < 1.29 is 4.92 Å². The van der Waals surface area contributed by atoms with Crippen LogP contribution in [0.15, 0.2) is 58.4 Å². The SMILES string of the molecule is N#C/C(=C\c1cccc(Br)c1)c1nc(-c2ccc([N+](=O)[O-])cc2)cs1. The topological polar surface area (TPSA) is 79.8 Å². The van der Waals surface area contributed by atoms with Gasteiger partial charge in [-0.2, -0.15) is 5.26 Å². The molecule has 3 aromatic rings. The van der Waals surface area contributed by atoms with E-state index in [0.717, 1.165) is 15.6 Å². The third kappa shape index (κ3) is 3.99. The van der Waals surface area contributed by atoms with Gasteiger partial charge in [-0.3, -0.25) is 10.1 Å². The zero-order valence-corrected chi connectivity index (χ0v) is 15.1. The lowest BCUT2D eigenvalue weighted by Gasteiger charge is -1.98. The van der Waals surface area contributed by atoms with Crippen molar-refractivity contribution in [3.8, 4) is 17.3 Å². The third-order valence-electron chi connectivity index (χ3n) is 3.39. The van der Waals surface area contributed by atoms with E-state index < -0.39 is 4.92 Å². The van der Waals surface area contributed by atoms with E-state index in [4.69, 9.17) is 0 Å². The van der Waals surface area contributed by atoms with Crippen molar-refractivity contribution in [3.05, 3.63) is 79.1 Å². The summed E-state index contributed by atoms with van der Waals surface area (Å²) < 4.78 is 0.934. The zero-order valence-electron chi connectivity index (χ0n) is 12.7. The van der Waals surface area contributed by atoms with E-state index in [0.29, 0.717) is 16.3 Å². The van der Waals surface area contributed by atoms with Crippen LogP contribution in [0.3, 0.4) is 0 Å². The molecule has 0 aliphatic carbocycles. The molecule has 0 atom stereocenters. The first kappa shape index (κ1) is 17.0. The number of hydrogen-bond acceptors (Lipinski definition) is 5. The molecule has 5 nitrogen and oxygen atoms in total. The van der Waals surface area contributed by atoms with E-state index in [2.05, 4.69) is 27.0 Å². The summed E-state index contributed by atoms with van der Waals surface area (Å²) in [6.45, 7) is 0. The molecule has 122 valence electrons. The van der Waals surface area contributed by atoms with Crippen molar-refractivity contribution in [2.45, 2.75) is 0 Å². The predicted molar refractivity (Wildman–Crippen MR) is 102 cm³/mol. The van der Waals surface area contributed by atoms with Crippen LogP contribution in [0, 0.1) is 21.4 Å². The fourth-order valence-corrected chi connectivity index (χ4v) is 3.40. The summed E-state index contributed by atoms with van der Waals surface area (Å²) in [5.74, 6) is 0. The van der Waals surface area contributed by atoms with Crippen LogP contribution < -0.4 is 0 Å². The number of non-ortho nitro benzene ring substituents is 1. The lowest BCUT2D eigenvalue weighted by atomic mass is 10.1. The van der Waals surface area contributed by atoms with Crippen LogP contribution in [0.1, 0.15) is 10.6 Å². The summed E-state index contributed by atoms with van der Waals surface area (Å²) in [7, 11) is 0. The molecular formula is C18H10BrN3O2S. The van der Waals surface area contributed by atoms with Gasteiger partial charge in [-0.25, -0.2) is 4.98 Å². The highest BCUT2D eigenvalue weighted by Crippen LogP contribution is 2.28. The van der Waals surface area contributed by atoms with E-state index in [1.807, 2.05) is 29.6 Å². The van der Waals surface area contributed by atoms with Crippen LogP contribution >= 0.6 is 27.3 Å². The molecule has 1 aromatic heterocycles. The molecular weight excluding hydrogens is 402 g/mol. The van der Waals surface area contributed by atoms with Crippen molar-refractivity contribution in [1.29, 1.82) is 5.26 Å². The molecule has 0 N–H and O–H groups in total. The molecule has 25 heavy (non-hydrogen) atoms. The smallest absolute Gasteiger partial charge is 0.258 e. The molecule has 0 saturated carbocycles. The summed E-state index contributed by atoms with van der Waals surface area (Å²) in [4.78, 5) is 14.8.